The molecule has 0 fully saturated rings. The van der Waals surface area contributed by atoms with E-state index in [-0.39, 0.29) is 29.8 Å². The third kappa shape index (κ3) is 5.36. The highest BCUT2D eigenvalue weighted by atomic mass is 16.2. The Labute approximate surface area is 187 Å². The van der Waals surface area contributed by atoms with Gasteiger partial charge in [0.05, 0.1) is 6.04 Å². The lowest BCUT2D eigenvalue weighted by molar-refractivity contribution is -0.134. The summed E-state index contributed by atoms with van der Waals surface area (Å²) in [5.74, 6) is -0.0370. The molecule has 31 heavy (non-hydrogen) atoms. The van der Waals surface area contributed by atoms with Gasteiger partial charge in [0.25, 0.3) is 5.91 Å². The zero-order chi connectivity index (χ0) is 22.6. The predicted octanol–water partition coefficient (Wildman–Crippen LogP) is 5.37. The molecule has 1 aliphatic rings. The molecule has 1 aliphatic heterocycles. The average molecular weight is 421 g/mol. The molecule has 3 rings (SSSR count). The van der Waals surface area contributed by atoms with Crippen molar-refractivity contribution in [2.75, 3.05) is 19.6 Å². The SMILES string of the molecule is CCCCN(CC(=O)N1CCc2ccccc2C1C)C(=O)c1ccc(C(C)(C)C)cc1. The fraction of sp³-hybridized carbons (Fsp3) is 0.481. The fourth-order valence-electron chi connectivity index (χ4n) is 4.26. The molecule has 0 saturated carbocycles. The first-order valence-corrected chi connectivity index (χ1v) is 11.5. The van der Waals surface area contributed by atoms with Crippen molar-refractivity contribution in [2.24, 2.45) is 0 Å². The number of nitrogens with zero attached hydrogens (tertiary/aromatic N) is 2. The summed E-state index contributed by atoms with van der Waals surface area (Å²) in [5, 5.41) is 0. The van der Waals surface area contributed by atoms with Gasteiger partial charge in [-0.05, 0) is 54.0 Å². The van der Waals surface area contributed by atoms with Gasteiger partial charge in [0.2, 0.25) is 5.91 Å². The molecule has 2 aromatic carbocycles. The third-order valence-corrected chi connectivity index (χ3v) is 6.31. The van der Waals surface area contributed by atoms with Gasteiger partial charge in [-0.3, -0.25) is 9.59 Å². The number of carbonyl (C=O) groups excluding carboxylic acids is 2. The van der Waals surface area contributed by atoms with Gasteiger partial charge in [-0.25, -0.2) is 0 Å². The molecule has 0 saturated heterocycles. The Morgan fingerprint density at radius 3 is 2.39 bits per heavy atom. The van der Waals surface area contributed by atoms with Gasteiger partial charge < -0.3 is 9.80 Å². The lowest BCUT2D eigenvalue weighted by Gasteiger charge is -2.36. The quantitative estimate of drug-likeness (QED) is 0.630. The van der Waals surface area contributed by atoms with E-state index in [9.17, 15) is 9.59 Å². The molecule has 0 N–H and O–H groups in total. The average Bonchev–Trinajstić information content (AvgIpc) is 2.76. The van der Waals surface area contributed by atoms with Gasteiger partial charge in [-0.2, -0.15) is 0 Å². The fourth-order valence-corrected chi connectivity index (χ4v) is 4.26. The van der Waals surface area contributed by atoms with E-state index in [0.717, 1.165) is 19.3 Å². The van der Waals surface area contributed by atoms with Crippen molar-refractivity contribution in [2.45, 2.75) is 65.3 Å². The Hall–Kier alpha value is -2.62. The predicted molar refractivity (Wildman–Crippen MR) is 126 cm³/mol. The lowest BCUT2D eigenvalue weighted by atomic mass is 9.86. The lowest BCUT2D eigenvalue weighted by Crippen LogP contribution is -2.46. The smallest absolute Gasteiger partial charge is 0.254 e. The van der Waals surface area contributed by atoms with Crippen LogP contribution in [0.2, 0.25) is 0 Å². The van der Waals surface area contributed by atoms with E-state index in [1.165, 1.54) is 16.7 Å². The second-order valence-electron chi connectivity index (χ2n) is 9.62. The molecule has 0 spiro atoms. The van der Waals surface area contributed by atoms with E-state index in [2.05, 4.69) is 52.8 Å². The van der Waals surface area contributed by atoms with Crippen LogP contribution in [0, 0.1) is 0 Å². The zero-order valence-corrected chi connectivity index (χ0v) is 19.6. The molecule has 0 bridgehead atoms. The molecule has 1 atom stereocenters. The maximum Gasteiger partial charge on any atom is 0.254 e. The zero-order valence-electron chi connectivity index (χ0n) is 19.6. The van der Waals surface area contributed by atoms with Gasteiger partial charge in [0.15, 0.2) is 0 Å². The Balaban J connectivity index is 1.75. The molecule has 0 radical (unpaired) electrons. The normalized spacial score (nSPS) is 16.0. The number of hydrogen-bond acceptors (Lipinski definition) is 2. The minimum atomic E-state index is -0.0627. The minimum absolute atomic E-state index is 0.0257. The number of carbonyl (C=O) groups is 2. The third-order valence-electron chi connectivity index (χ3n) is 6.31. The molecule has 166 valence electrons. The summed E-state index contributed by atoms with van der Waals surface area (Å²) in [6.45, 7) is 12.1. The van der Waals surface area contributed by atoms with Gasteiger partial charge in [0.1, 0.15) is 6.54 Å². The molecular formula is C27H36N2O2. The molecule has 1 unspecified atom stereocenters. The first-order chi connectivity index (χ1) is 14.7. The van der Waals surface area contributed by atoms with Gasteiger partial charge >= 0.3 is 0 Å². The first-order valence-electron chi connectivity index (χ1n) is 11.5. The van der Waals surface area contributed by atoms with Crippen LogP contribution in [0.5, 0.6) is 0 Å². The van der Waals surface area contributed by atoms with Crippen LogP contribution in [0.1, 0.15) is 80.6 Å². The van der Waals surface area contributed by atoms with Gasteiger partial charge in [-0.1, -0.05) is 70.5 Å². The maximum atomic E-state index is 13.3. The summed E-state index contributed by atoms with van der Waals surface area (Å²) in [5.41, 5.74) is 4.42. The molecular weight excluding hydrogens is 384 g/mol. The Bertz CT molecular complexity index is 912. The molecule has 1 heterocycles. The highest BCUT2D eigenvalue weighted by Crippen LogP contribution is 2.29. The topological polar surface area (TPSA) is 40.6 Å². The summed E-state index contributed by atoms with van der Waals surface area (Å²) in [4.78, 5) is 30.2. The number of unbranched alkanes of at least 4 members (excludes halogenated alkanes) is 1. The molecule has 4 heteroatoms. The van der Waals surface area contributed by atoms with E-state index < -0.39 is 0 Å². The van der Waals surface area contributed by atoms with Crippen LogP contribution < -0.4 is 0 Å². The van der Waals surface area contributed by atoms with E-state index in [1.54, 1.807) is 4.90 Å². The highest BCUT2D eigenvalue weighted by Gasteiger charge is 2.29. The summed E-state index contributed by atoms with van der Waals surface area (Å²) >= 11 is 0. The summed E-state index contributed by atoms with van der Waals surface area (Å²) < 4.78 is 0. The molecule has 2 amide bonds. The number of hydrogen-bond donors (Lipinski definition) is 0. The monoisotopic (exact) mass is 420 g/mol. The second kappa shape index (κ2) is 9.67. The van der Waals surface area contributed by atoms with Crippen molar-refractivity contribution < 1.29 is 9.59 Å². The van der Waals surface area contributed by atoms with E-state index in [4.69, 9.17) is 0 Å². The molecule has 0 aromatic heterocycles. The summed E-state index contributed by atoms with van der Waals surface area (Å²) in [6, 6.07) is 16.2. The van der Waals surface area contributed by atoms with Crippen LogP contribution >= 0.6 is 0 Å². The van der Waals surface area contributed by atoms with Gasteiger partial charge in [-0.15, -0.1) is 0 Å². The van der Waals surface area contributed by atoms with Crippen molar-refractivity contribution in [3.05, 3.63) is 70.8 Å². The van der Waals surface area contributed by atoms with Crippen molar-refractivity contribution in [1.82, 2.24) is 9.80 Å². The van der Waals surface area contributed by atoms with E-state index in [0.29, 0.717) is 18.7 Å². The number of rotatable bonds is 6. The van der Waals surface area contributed by atoms with Crippen LogP contribution in [0.25, 0.3) is 0 Å². The largest absolute Gasteiger partial charge is 0.334 e. The molecule has 2 aromatic rings. The minimum Gasteiger partial charge on any atom is -0.334 e. The molecule has 4 nitrogen and oxygen atoms in total. The first kappa shape index (κ1) is 23.1. The van der Waals surface area contributed by atoms with E-state index >= 15 is 0 Å². The van der Waals surface area contributed by atoms with Crippen molar-refractivity contribution in [1.29, 1.82) is 0 Å². The summed E-state index contributed by atoms with van der Waals surface area (Å²) in [7, 11) is 0. The highest BCUT2D eigenvalue weighted by molar-refractivity contribution is 5.96. The number of amides is 2. The number of fused-ring (bicyclic) bond motifs is 1. The van der Waals surface area contributed by atoms with Crippen LogP contribution in [-0.4, -0.2) is 41.2 Å². The standard InChI is InChI=1S/C27H36N2O2/c1-6-7-17-28(26(31)22-12-14-23(15-13-22)27(3,4)5)19-25(30)29-18-16-21-10-8-9-11-24(21)20(29)2/h8-15,20H,6-7,16-19H2,1-5H3. The number of benzene rings is 2. The Kier molecular flexibility index (Phi) is 7.19. The van der Waals surface area contributed by atoms with Crippen molar-refractivity contribution in [3.8, 4) is 0 Å². The summed E-state index contributed by atoms with van der Waals surface area (Å²) in [6.07, 6.45) is 2.73. The molecule has 0 aliphatic carbocycles. The van der Waals surface area contributed by atoms with Crippen LogP contribution in [0.4, 0.5) is 0 Å². The maximum absolute atomic E-state index is 13.3. The second-order valence-corrected chi connectivity index (χ2v) is 9.62. The Morgan fingerprint density at radius 1 is 1.06 bits per heavy atom. The van der Waals surface area contributed by atoms with Crippen LogP contribution in [0.3, 0.4) is 0 Å². The Morgan fingerprint density at radius 2 is 1.74 bits per heavy atom. The van der Waals surface area contributed by atoms with Crippen molar-refractivity contribution >= 4 is 11.8 Å². The van der Waals surface area contributed by atoms with Gasteiger partial charge in [0, 0.05) is 18.7 Å². The van der Waals surface area contributed by atoms with E-state index in [1.807, 2.05) is 35.2 Å². The van der Waals surface area contributed by atoms with Crippen molar-refractivity contribution in [3.63, 3.8) is 0 Å². The van der Waals surface area contributed by atoms with Crippen LogP contribution in [-0.2, 0) is 16.6 Å². The van der Waals surface area contributed by atoms with Crippen LogP contribution in [0.15, 0.2) is 48.5 Å².